The topological polar surface area (TPSA) is 116 Å². The van der Waals surface area contributed by atoms with Crippen LogP contribution < -0.4 is 9.47 Å². The maximum Gasteiger partial charge on any atom is 0.335 e. The molecule has 9 heteroatoms. The molecule has 0 aliphatic carbocycles. The van der Waals surface area contributed by atoms with E-state index in [-0.39, 0.29) is 22.6 Å². The molecule has 2 aromatic carbocycles. The maximum atomic E-state index is 13.0. The summed E-state index contributed by atoms with van der Waals surface area (Å²) in [6.07, 6.45) is 2.04. The van der Waals surface area contributed by atoms with Crippen molar-refractivity contribution in [2.24, 2.45) is 5.92 Å². The van der Waals surface area contributed by atoms with Gasteiger partial charge in [0.2, 0.25) is 6.20 Å². The number of rotatable bonds is 7. The Balaban J connectivity index is 1.88. The average Bonchev–Trinajstić information content (AvgIpc) is 2.98. The van der Waals surface area contributed by atoms with E-state index in [1.54, 1.807) is 38.1 Å². The molecule has 0 saturated carbocycles. The fourth-order valence-corrected chi connectivity index (χ4v) is 3.32. The Bertz CT molecular complexity index is 1060. The van der Waals surface area contributed by atoms with E-state index in [1.165, 1.54) is 31.4 Å². The fraction of sp³-hybridized carbons (Fsp3) is 0.227. The molecule has 1 atom stereocenters. The second-order valence-corrected chi connectivity index (χ2v) is 7.15. The van der Waals surface area contributed by atoms with Crippen LogP contribution in [-0.2, 0) is 4.79 Å². The molecule has 1 aliphatic heterocycles. The van der Waals surface area contributed by atoms with Gasteiger partial charge in [0.1, 0.15) is 6.04 Å². The van der Waals surface area contributed by atoms with Crippen LogP contribution in [0.1, 0.15) is 40.1 Å². The van der Waals surface area contributed by atoms with Crippen molar-refractivity contribution >= 4 is 23.9 Å². The highest BCUT2D eigenvalue weighted by atomic mass is 16.6. The van der Waals surface area contributed by atoms with Gasteiger partial charge in [-0.2, -0.15) is 0 Å². The average molecular weight is 424 g/mol. The first-order valence-corrected chi connectivity index (χ1v) is 9.43. The van der Waals surface area contributed by atoms with Gasteiger partial charge in [-0.1, -0.05) is 32.0 Å². The summed E-state index contributed by atoms with van der Waals surface area (Å²) < 4.78 is 10.7. The van der Waals surface area contributed by atoms with Crippen LogP contribution in [0.2, 0.25) is 0 Å². The summed E-state index contributed by atoms with van der Waals surface area (Å²) in [7, 11) is 1.36. The minimum absolute atomic E-state index is 0.0630. The zero-order valence-corrected chi connectivity index (χ0v) is 17.1. The van der Waals surface area contributed by atoms with Gasteiger partial charge in [0.05, 0.1) is 23.2 Å². The summed E-state index contributed by atoms with van der Waals surface area (Å²) in [5.74, 6) is -2.08. The Labute approximate surface area is 178 Å². The molecule has 1 heterocycles. The number of amides is 2. The van der Waals surface area contributed by atoms with Gasteiger partial charge in [0.15, 0.2) is 11.5 Å². The zero-order chi connectivity index (χ0) is 22.7. The standard InChI is InChI=1S/C22H20N2O7/c1-13(2)19(24-20(25)15-6-4-5-7-16(15)21(24)26)22(27)31-17-9-8-14(10-11-23(28)29)12-18(17)30-3/h4-13,19H,1-3H3/b11-10+. The van der Waals surface area contributed by atoms with Crippen molar-refractivity contribution in [2.75, 3.05) is 7.11 Å². The summed E-state index contributed by atoms with van der Waals surface area (Å²) in [5.41, 5.74) is 0.949. The van der Waals surface area contributed by atoms with Crippen molar-refractivity contribution in [1.82, 2.24) is 4.90 Å². The highest BCUT2D eigenvalue weighted by Crippen LogP contribution is 2.32. The van der Waals surface area contributed by atoms with Gasteiger partial charge in [-0.3, -0.25) is 24.6 Å². The third-order valence-corrected chi connectivity index (χ3v) is 4.76. The van der Waals surface area contributed by atoms with E-state index >= 15 is 0 Å². The molecule has 0 bridgehead atoms. The minimum Gasteiger partial charge on any atom is -0.493 e. The molecule has 1 aliphatic rings. The molecule has 0 saturated heterocycles. The number of ether oxygens (including phenoxy) is 2. The Hall–Kier alpha value is -4.01. The minimum atomic E-state index is -1.15. The number of hydrogen-bond acceptors (Lipinski definition) is 7. The number of carbonyl (C=O) groups excluding carboxylic acids is 3. The van der Waals surface area contributed by atoms with Crippen molar-refractivity contribution in [1.29, 1.82) is 0 Å². The number of benzene rings is 2. The Morgan fingerprint density at radius 1 is 1.06 bits per heavy atom. The highest BCUT2D eigenvalue weighted by Gasteiger charge is 2.44. The van der Waals surface area contributed by atoms with Gasteiger partial charge >= 0.3 is 5.97 Å². The molecule has 0 aromatic heterocycles. The summed E-state index contributed by atoms with van der Waals surface area (Å²) in [5, 5.41) is 10.5. The molecule has 0 radical (unpaired) electrons. The lowest BCUT2D eigenvalue weighted by molar-refractivity contribution is -0.400. The second kappa shape index (κ2) is 8.78. The first-order valence-electron chi connectivity index (χ1n) is 9.43. The molecule has 3 rings (SSSR count). The van der Waals surface area contributed by atoms with Crippen LogP contribution in [0.3, 0.4) is 0 Å². The van der Waals surface area contributed by atoms with Gasteiger partial charge in [-0.15, -0.1) is 0 Å². The monoisotopic (exact) mass is 424 g/mol. The van der Waals surface area contributed by atoms with Crippen LogP contribution in [0.25, 0.3) is 6.08 Å². The van der Waals surface area contributed by atoms with Gasteiger partial charge in [-0.25, -0.2) is 4.79 Å². The van der Waals surface area contributed by atoms with E-state index in [0.717, 1.165) is 11.1 Å². The lowest BCUT2D eigenvalue weighted by atomic mass is 10.0. The molecule has 31 heavy (non-hydrogen) atoms. The number of nitro groups is 1. The number of imide groups is 1. The SMILES string of the molecule is COc1cc(/C=C/[N+](=O)[O-])ccc1OC(=O)C(C(C)C)N1C(=O)c2ccccc2C1=O. The van der Waals surface area contributed by atoms with Crippen molar-refractivity contribution < 1.29 is 28.8 Å². The summed E-state index contributed by atoms with van der Waals surface area (Å²) >= 11 is 0. The van der Waals surface area contributed by atoms with Crippen LogP contribution in [0.15, 0.2) is 48.7 Å². The number of methoxy groups -OCH3 is 1. The second-order valence-electron chi connectivity index (χ2n) is 7.15. The first-order chi connectivity index (χ1) is 14.7. The van der Waals surface area contributed by atoms with Gasteiger partial charge in [-0.05, 0) is 35.7 Å². The lowest BCUT2D eigenvalue weighted by Crippen LogP contribution is -2.49. The third-order valence-electron chi connectivity index (χ3n) is 4.76. The number of hydrogen-bond donors (Lipinski definition) is 0. The van der Waals surface area contributed by atoms with Crippen molar-refractivity contribution in [3.63, 3.8) is 0 Å². The fourth-order valence-electron chi connectivity index (χ4n) is 3.32. The molecule has 0 spiro atoms. The predicted octanol–water partition coefficient (Wildman–Crippen LogP) is 3.17. The number of carbonyl (C=O) groups is 3. The summed E-state index contributed by atoms with van der Waals surface area (Å²) in [6, 6.07) is 9.64. The van der Waals surface area contributed by atoms with E-state index in [2.05, 4.69) is 0 Å². The largest absolute Gasteiger partial charge is 0.493 e. The van der Waals surface area contributed by atoms with E-state index < -0.39 is 34.7 Å². The molecule has 1 unspecified atom stereocenters. The molecular formula is C22H20N2O7. The number of nitrogens with zero attached hydrogens (tertiary/aromatic N) is 2. The van der Waals surface area contributed by atoms with Crippen LogP contribution in [0.4, 0.5) is 0 Å². The van der Waals surface area contributed by atoms with Crippen molar-refractivity contribution in [3.8, 4) is 11.5 Å². The predicted molar refractivity (Wildman–Crippen MR) is 110 cm³/mol. The van der Waals surface area contributed by atoms with Crippen LogP contribution in [0, 0.1) is 16.0 Å². The van der Waals surface area contributed by atoms with Gasteiger partial charge in [0, 0.05) is 6.08 Å². The third kappa shape index (κ3) is 4.30. The lowest BCUT2D eigenvalue weighted by Gasteiger charge is -2.27. The Morgan fingerprint density at radius 3 is 2.19 bits per heavy atom. The maximum absolute atomic E-state index is 13.0. The molecule has 2 amide bonds. The van der Waals surface area contributed by atoms with Crippen LogP contribution in [0.5, 0.6) is 11.5 Å². The zero-order valence-electron chi connectivity index (χ0n) is 17.1. The van der Waals surface area contributed by atoms with Crippen molar-refractivity contribution in [2.45, 2.75) is 19.9 Å². The van der Waals surface area contributed by atoms with E-state index in [1.807, 2.05) is 0 Å². The quantitative estimate of drug-likeness (QED) is 0.220. The molecule has 0 N–H and O–H groups in total. The number of esters is 1. The molecule has 160 valence electrons. The van der Waals surface area contributed by atoms with Crippen molar-refractivity contribution in [3.05, 3.63) is 75.5 Å². The van der Waals surface area contributed by atoms with Crippen LogP contribution in [-0.4, -0.2) is 40.8 Å². The Kier molecular flexibility index (Phi) is 6.15. The molecule has 0 fully saturated rings. The molecule has 2 aromatic rings. The first kappa shape index (κ1) is 21.7. The highest BCUT2D eigenvalue weighted by molar-refractivity contribution is 6.22. The van der Waals surface area contributed by atoms with E-state index in [4.69, 9.17) is 9.47 Å². The molecular weight excluding hydrogens is 404 g/mol. The molecule has 9 nitrogen and oxygen atoms in total. The van der Waals surface area contributed by atoms with Gasteiger partial charge < -0.3 is 9.47 Å². The Morgan fingerprint density at radius 2 is 1.68 bits per heavy atom. The van der Waals surface area contributed by atoms with Gasteiger partial charge in [0.25, 0.3) is 11.8 Å². The smallest absolute Gasteiger partial charge is 0.335 e. The normalized spacial score (nSPS) is 14.1. The summed E-state index contributed by atoms with van der Waals surface area (Å²) in [6.45, 7) is 3.41. The van der Waals surface area contributed by atoms with E-state index in [9.17, 15) is 24.5 Å². The number of fused-ring (bicyclic) bond motifs is 1. The van der Waals surface area contributed by atoms with E-state index in [0.29, 0.717) is 5.56 Å². The summed E-state index contributed by atoms with van der Waals surface area (Å²) in [4.78, 5) is 49.5. The van der Waals surface area contributed by atoms with Crippen LogP contribution >= 0.6 is 0 Å².